The third-order valence-electron chi connectivity index (χ3n) is 3.28. The van der Waals surface area contributed by atoms with E-state index in [9.17, 15) is 0 Å². The van der Waals surface area contributed by atoms with Crippen molar-refractivity contribution in [1.29, 1.82) is 0 Å². The fourth-order valence-corrected chi connectivity index (χ4v) is 2.31. The van der Waals surface area contributed by atoms with E-state index in [-0.39, 0.29) is 6.04 Å². The molecule has 1 aliphatic rings. The maximum atomic E-state index is 5.96. The average Bonchev–Trinajstić information content (AvgIpc) is 2.72. The minimum absolute atomic E-state index is 0.242. The average molecular weight is 228 g/mol. The van der Waals surface area contributed by atoms with Crippen molar-refractivity contribution in [1.82, 2.24) is 9.55 Å². The van der Waals surface area contributed by atoms with Crippen molar-refractivity contribution in [3.63, 3.8) is 0 Å². The molecule has 0 saturated carbocycles. The second-order valence-corrected chi connectivity index (χ2v) is 4.58. The van der Waals surface area contributed by atoms with Gasteiger partial charge in [-0.3, -0.25) is 0 Å². The van der Waals surface area contributed by atoms with Crippen LogP contribution < -0.4 is 11.5 Å². The number of anilines is 1. The van der Waals surface area contributed by atoms with Crippen LogP contribution in [0, 0.1) is 0 Å². The Morgan fingerprint density at radius 3 is 2.94 bits per heavy atom. The molecule has 1 aromatic carbocycles. The summed E-state index contributed by atoms with van der Waals surface area (Å²) < 4.78 is 2.19. The number of rotatable bonds is 1. The van der Waals surface area contributed by atoms with Crippen molar-refractivity contribution >= 4 is 5.69 Å². The molecule has 1 unspecified atom stereocenters. The van der Waals surface area contributed by atoms with Gasteiger partial charge >= 0.3 is 0 Å². The van der Waals surface area contributed by atoms with Gasteiger partial charge in [0.1, 0.15) is 5.82 Å². The highest BCUT2D eigenvalue weighted by molar-refractivity contribution is 5.73. The van der Waals surface area contributed by atoms with Crippen LogP contribution in [0.4, 0.5) is 5.69 Å². The lowest BCUT2D eigenvalue weighted by Gasteiger charge is -2.18. The molecular formula is C13H16N4. The Morgan fingerprint density at radius 2 is 2.12 bits per heavy atom. The quantitative estimate of drug-likeness (QED) is 0.725. The lowest BCUT2D eigenvalue weighted by molar-refractivity contribution is 0.463. The molecular weight excluding hydrogens is 212 g/mol. The molecule has 2 aromatic rings. The summed E-state index contributed by atoms with van der Waals surface area (Å²) in [5, 5.41) is 0. The third kappa shape index (κ3) is 1.80. The van der Waals surface area contributed by atoms with E-state index in [1.165, 1.54) is 0 Å². The van der Waals surface area contributed by atoms with Crippen LogP contribution in [-0.2, 0) is 13.0 Å². The first-order chi connectivity index (χ1) is 8.24. The zero-order valence-electron chi connectivity index (χ0n) is 9.63. The standard InChI is InChI=1S/C13H16N4/c14-9-5-6-17-8-12(16-13(17)7-9)10-3-1-2-4-11(10)15/h1-4,8-9H,5-7,14-15H2. The predicted molar refractivity (Wildman–Crippen MR) is 68.4 cm³/mol. The van der Waals surface area contributed by atoms with Crippen molar-refractivity contribution in [3.8, 4) is 11.3 Å². The van der Waals surface area contributed by atoms with E-state index in [0.29, 0.717) is 0 Å². The van der Waals surface area contributed by atoms with Crippen molar-refractivity contribution < 1.29 is 0 Å². The number of aryl methyl sites for hydroxylation is 1. The smallest absolute Gasteiger partial charge is 0.110 e. The molecule has 4 heteroatoms. The van der Waals surface area contributed by atoms with E-state index < -0.39 is 0 Å². The maximum Gasteiger partial charge on any atom is 0.110 e. The highest BCUT2D eigenvalue weighted by Crippen LogP contribution is 2.26. The topological polar surface area (TPSA) is 69.9 Å². The van der Waals surface area contributed by atoms with Crippen LogP contribution in [0.3, 0.4) is 0 Å². The van der Waals surface area contributed by atoms with Gasteiger partial charge in [0.15, 0.2) is 0 Å². The van der Waals surface area contributed by atoms with E-state index in [4.69, 9.17) is 11.5 Å². The fraction of sp³-hybridized carbons (Fsp3) is 0.308. The largest absolute Gasteiger partial charge is 0.398 e. The molecule has 0 bridgehead atoms. The maximum absolute atomic E-state index is 5.96. The molecule has 4 nitrogen and oxygen atoms in total. The van der Waals surface area contributed by atoms with E-state index >= 15 is 0 Å². The number of para-hydroxylation sites is 1. The van der Waals surface area contributed by atoms with Crippen LogP contribution in [0.5, 0.6) is 0 Å². The Labute approximate surface area is 100 Å². The van der Waals surface area contributed by atoms with Crippen LogP contribution in [0.2, 0.25) is 0 Å². The van der Waals surface area contributed by atoms with Gasteiger partial charge in [-0.15, -0.1) is 0 Å². The second-order valence-electron chi connectivity index (χ2n) is 4.58. The van der Waals surface area contributed by atoms with E-state index in [0.717, 1.165) is 42.2 Å². The molecule has 17 heavy (non-hydrogen) atoms. The van der Waals surface area contributed by atoms with Gasteiger partial charge in [-0.25, -0.2) is 4.98 Å². The van der Waals surface area contributed by atoms with Gasteiger partial charge in [-0.05, 0) is 12.5 Å². The van der Waals surface area contributed by atoms with Gasteiger partial charge in [0.25, 0.3) is 0 Å². The van der Waals surface area contributed by atoms with Crippen LogP contribution in [0.15, 0.2) is 30.5 Å². The number of nitrogens with zero attached hydrogens (tertiary/aromatic N) is 2. The summed E-state index contributed by atoms with van der Waals surface area (Å²) in [5.41, 5.74) is 14.6. The van der Waals surface area contributed by atoms with Gasteiger partial charge in [-0.2, -0.15) is 0 Å². The van der Waals surface area contributed by atoms with Gasteiger partial charge in [-0.1, -0.05) is 18.2 Å². The van der Waals surface area contributed by atoms with Crippen molar-refractivity contribution in [2.24, 2.45) is 5.73 Å². The minimum atomic E-state index is 0.242. The summed E-state index contributed by atoms with van der Waals surface area (Å²) in [6.07, 6.45) is 3.95. The van der Waals surface area contributed by atoms with Crippen LogP contribution in [0.1, 0.15) is 12.2 Å². The summed E-state index contributed by atoms with van der Waals surface area (Å²) in [5.74, 6) is 1.07. The Morgan fingerprint density at radius 1 is 1.29 bits per heavy atom. The second kappa shape index (κ2) is 3.89. The van der Waals surface area contributed by atoms with Gasteiger partial charge in [0.2, 0.25) is 0 Å². The molecule has 0 fully saturated rings. The van der Waals surface area contributed by atoms with Crippen LogP contribution in [0.25, 0.3) is 11.3 Å². The summed E-state index contributed by atoms with van der Waals surface area (Å²) in [6.45, 7) is 0.955. The van der Waals surface area contributed by atoms with Gasteiger partial charge in [0, 0.05) is 36.5 Å². The Hall–Kier alpha value is -1.81. The summed E-state index contributed by atoms with van der Waals surface area (Å²) in [7, 11) is 0. The number of aromatic nitrogens is 2. The molecule has 2 heterocycles. The van der Waals surface area contributed by atoms with E-state index in [2.05, 4.69) is 15.7 Å². The first-order valence-corrected chi connectivity index (χ1v) is 5.90. The van der Waals surface area contributed by atoms with Crippen LogP contribution in [-0.4, -0.2) is 15.6 Å². The molecule has 4 N–H and O–H groups in total. The first-order valence-electron chi connectivity index (χ1n) is 5.90. The highest BCUT2D eigenvalue weighted by Gasteiger charge is 2.18. The number of benzene rings is 1. The third-order valence-corrected chi connectivity index (χ3v) is 3.28. The summed E-state index contributed by atoms with van der Waals surface area (Å²) in [6, 6.07) is 8.06. The monoisotopic (exact) mass is 228 g/mol. The Kier molecular flexibility index (Phi) is 2.37. The Balaban J connectivity index is 2.03. The molecule has 0 amide bonds. The number of fused-ring (bicyclic) bond motifs is 1. The fourth-order valence-electron chi connectivity index (χ4n) is 2.31. The molecule has 1 atom stereocenters. The molecule has 0 radical (unpaired) electrons. The zero-order valence-corrected chi connectivity index (χ0v) is 9.63. The normalized spacial score (nSPS) is 19.0. The molecule has 88 valence electrons. The van der Waals surface area contributed by atoms with Crippen LogP contribution >= 0.6 is 0 Å². The van der Waals surface area contributed by atoms with Crippen molar-refractivity contribution in [3.05, 3.63) is 36.3 Å². The molecule has 3 rings (SSSR count). The molecule has 0 aliphatic carbocycles. The number of hydrogen-bond donors (Lipinski definition) is 2. The number of imidazole rings is 1. The lowest BCUT2D eigenvalue weighted by Crippen LogP contribution is -2.30. The minimum Gasteiger partial charge on any atom is -0.398 e. The van der Waals surface area contributed by atoms with Crippen molar-refractivity contribution in [2.75, 3.05) is 5.73 Å². The molecule has 0 saturated heterocycles. The number of nitrogens with two attached hydrogens (primary N) is 2. The summed E-state index contributed by atoms with van der Waals surface area (Å²) >= 11 is 0. The Bertz CT molecular complexity index is 544. The van der Waals surface area contributed by atoms with E-state index in [1.54, 1.807) is 0 Å². The predicted octanol–water partition coefficient (Wildman–Crippen LogP) is 1.41. The number of hydrogen-bond acceptors (Lipinski definition) is 3. The van der Waals surface area contributed by atoms with Gasteiger partial charge in [0.05, 0.1) is 5.69 Å². The van der Waals surface area contributed by atoms with Gasteiger partial charge < -0.3 is 16.0 Å². The van der Waals surface area contributed by atoms with Crippen molar-refractivity contribution in [2.45, 2.75) is 25.4 Å². The van der Waals surface area contributed by atoms with E-state index in [1.807, 2.05) is 24.3 Å². The lowest BCUT2D eigenvalue weighted by atomic mass is 10.1. The molecule has 0 spiro atoms. The SMILES string of the molecule is Nc1ccccc1-c1cn2c(n1)CC(N)CC2. The summed E-state index contributed by atoms with van der Waals surface area (Å²) in [4.78, 5) is 4.64. The first kappa shape index (κ1) is 10.4. The highest BCUT2D eigenvalue weighted by atomic mass is 15.1. The molecule has 1 aromatic heterocycles. The zero-order chi connectivity index (χ0) is 11.8. The molecule has 1 aliphatic heterocycles. The number of nitrogen functional groups attached to an aromatic ring is 1.